The maximum Gasteiger partial charge on any atom is 0.251 e. The molecule has 19 heavy (non-hydrogen) atoms. The lowest BCUT2D eigenvalue weighted by molar-refractivity contribution is 0.0910. The number of benzene rings is 1. The van der Waals surface area contributed by atoms with E-state index in [9.17, 15) is 4.79 Å². The Morgan fingerprint density at radius 3 is 2.74 bits per heavy atom. The highest BCUT2D eigenvalue weighted by molar-refractivity contribution is 5.94. The van der Waals surface area contributed by atoms with Gasteiger partial charge in [-0.25, -0.2) is 0 Å². The van der Waals surface area contributed by atoms with Crippen LogP contribution in [-0.4, -0.2) is 11.9 Å². The number of carbonyl (C=O) groups excluding carboxylic acids is 1. The zero-order valence-electron chi connectivity index (χ0n) is 11.7. The van der Waals surface area contributed by atoms with Crippen LogP contribution < -0.4 is 5.32 Å². The molecule has 1 aromatic carbocycles. The van der Waals surface area contributed by atoms with E-state index in [1.54, 1.807) is 0 Å². The molecule has 1 N–H and O–H groups in total. The van der Waals surface area contributed by atoms with Crippen LogP contribution in [0.3, 0.4) is 0 Å². The fourth-order valence-electron chi connectivity index (χ4n) is 3.50. The predicted octanol–water partition coefficient (Wildman–Crippen LogP) is 3.48. The summed E-state index contributed by atoms with van der Waals surface area (Å²) in [6.45, 7) is 2.26. The predicted molar refractivity (Wildman–Crippen MR) is 77.4 cm³/mol. The lowest BCUT2D eigenvalue weighted by Crippen LogP contribution is -2.41. The van der Waals surface area contributed by atoms with Gasteiger partial charge in [-0.15, -0.1) is 0 Å². The first kappa shape index (κ1) is 12.7. The Labute approximate surface area is 115 Å². The van der Waals surface area contributed by atoms with Crippen molar-refractivity contribution < 1.29 is 4.79 Å². The van der Waals surface area contributed by atoms with E-state index in [-0.39, 0.29) is 5.91 Å². The smallest absolute Gasteiger partial charge is 0.251 e. The van der Waals surface area contributed by atoms with Gasteiger partial charge in [-0.2, -0.15) is 0 Å². The summed E-state index contributed by atoms with van der Waals surface area (Å²) in [5.41, 5.74) is 3.66. The van der Waals surface area contributed by atoms with Gasteiger partial charge >= 0.3 is 0 Å². The maximum atomic E-state index is 12.3. The van der Waals surface area contributed by atoms with Crippen LogP contribution in [0.5, 0.6) is 0 Å². The van der Waals surface area contributed by atoms with E-state index in [0.717, 1.165) is 18.4 Å². The van der Waals surface area contributed by atoms with Gasteiger partial charge < -0.3 is 5.32 Å². The molecule has 0 aromatic heterocycles. The van der Waals surface area contributed by atoms with Gasteiger partial charge in [-0.1, -0.05) is 25.8 Å². The van der Waals surface area contributed by atoms with E-state index in [0.29, 0.717) is 12.0 Å². The molecule has 0 saturated heterocycles. The Kier molecular flexibility index (Phi) is 3.58. The van der Waals surface area contributed by atoms with Crippen LogP contribution in [0.1, 0.15) is 60.5 Å². The molecule has 2 aliphatic rings. The molecule has 0 spiro atoms. The minimum atomic E-state index is 0.119. The first-order chi connectivity index (χ1) is 9.24. The van der Waals surface area contributed by atoms with Gasteiger partial charge in [0.25, 0.3) is 5.91 Å². The largest absolute Gasteiger partial charge is 0.349 e. The van der Waals surface area contributed by atoms with E-state index < -0.39 is 0 Å². The summed E-state index contributed by atoms with van der Waals surface area (Å²) in [6, 6.07) is 6.61. The van der Waals surface area contributed by atoms with E-state index in [1.165, 1.54) is 43.2 Å². The average Bonchev–Trinajstić information content (AvgIpc) is 2.88. The molecule has 2 heteroatoms. The summed E-state index contributed by atoms with van der Waals surface area (Å²) < 4.78 is 0. The fourth-order valence-corrected chi connectivity index (χ4v) is 3.50. The van der Waals surface area contributed by atoms with E-state index in [4.69, 9.17) is 0 Å². The molecule has 1 aromatic rings. The van der Waals surface area contributed by atoms with Gasteiger partial charge in [0.2, 0.25) is 0 Å². The van der Waals surface area contributed by atoms with Crippen molar-refractivity contribution in [2.45, 2.75) is 57.9 Å². The lowest BCUT2D eigenvalue weighted by Gasteiger charge is -2.29. The zero-order chi connectivity index (χ0) is 13.2. The molecule has 1 fully saturated rings. The normalized spacial score (nSPS) is 25.9. The third kappa shape index (κ3) is 2.68. The van der Waals surface area contributed by atoms with E-state index in [1.807, 2.05) is 6.07 Å². The van der Waals surface area contributed by atoms with E-state index in [2.05, 4.69) is 24.4 Å². The Morgan fingerprint density at radius 1 is 1.11 bits per heavy atom. The van der Waals surface area contributed by atoms with Crippen LogP contribution in [0.4, 0.5) is 0 Å². The Balaban J connectivity index is 1.70. The van der Waals surface area contributed by atoms with E-state index >= 15 is 0 Å². The summed E-state index contributed by atoms with van der Waals surface area (Å²) in [7, 11) is 0. The second-order valence-electron chi connectivity index (χ2n) is 6.18. The highest BCUT2D eigenvalue weighted by Crippen LogP contribution is 2.25. The molecule has 0 unspecified atom stereocenters. The van der Waals surface area contributed by atoms with Crippen molar-refractivity contribution in [1.82, 2.24) is 5.32 Å². The zero-order valence-corrected chi connectivity index (χ0v) is 11.7. The molecule has 1 saturated carbocycles. The number of aryl methyl sites for hydroxylation is 2. The molecule has 1 amide bonds. The number of amides is 1. The summed E-state index contributed by atoms with van der Waals surface area (Å²) in [6.07, 6.45) is 8.49. The third-order valence-corrected chi connectivity index (χ3v) is 4.79. The fraction of sp³-hybridized carbons (Fsp3) is 0.588. The number of hydrogen-bond acceptors (Lipinski definition) is 1. The van der Waals surface area contributed by atoms with Crippen LogP contribution in [0, 0.1) is 5.92 Å². The van der Waals surface area contributed by atoms with Crippen LogP contribution >= 0.6 is 0 Å². The second kappa shape index (κ2) is 5.36. The van der Waals surface area contributed by atoms with Crippen LogP contribution in [0.15, 0.2) is 18.2 Å². The molecule has 2 atom stereocenters. The summed E-state index contributed by atoms with van der Waals surface area (Å²) in [5.74, 6) is 0.737. The topological polar surface area (TPSA) is 29.1 Å². The number of rotatable bonds is 2. The quantitative estimate of drug-likeness (QED) is 0.863. The van der Waals surface area contributed by atoms with Crippen molar-refractivity contribution >= 4 is 5.91 Å². The summed E-state index contributed by atoms with van der Waals surface area (Å²) in [5, 5.41) is 3.24. The Hall–Kier alpha value is -1.31. The molecule has 3 rings (SSSR count). The molecular formula is C17H23NO. The SMILES string of the molecule is C[C@@H]1CCCC[C@@H]1NC(=O)c1ccc2c(c1)CCC2. The van der Waals surface area contributed by atoms with Gasteiger partial charge in [0.15, 0.2) is 0 Å². The van der Waals surface area contributed by atoms with Crippen molar-refractivity contribution in [3.05, 3.63) is 34.9 Å². The van der Waals surface area contributed by atoms with Crippen molar-refractivity contribution in [1.29, 1.82) is 0 Å². The van der Waals surface area contributed by atoms with Gasteiger partial charge in [-0.3, -0.25) is 4.79 Å². The first-order valence-corrected chi connectivity index (χ1v) is 7.67. The lowest BCUT2D eigenvalue weighted by atomic mass is 9.86. The van der Waals surface area contributed by atoms with Crippen LogP contribution in [-0.2, 0) is 12.8 Å². The molecule has 0 bridgehead atoms. The van der Waals surface area contributed by atoms with Gasteiger partial charge in [0.05, 0.1) is 0 Å². The minimum Gasteiger partial charge on any atom is -0.349 e. The van der Waals surface area contributed by atoms with Gasteiger partial charge in [0, 0.05) is 11.6 Å². The summed E-state index contributed by atoms with van der Waals surface area (Å²) in [4.78, 5) is 12.3. The number of hydrogen-bond donors (Lipinski definition) is 1. The third-order valence-electron chi connectivity index (χ3n) is 4.79. The van der Waals surface area contributed by atoms with Crippen LogP contribution in [0.25, 0.3) is 0 Å². The first-order valence-electron chi connectivity index (χ1n) is 7.67. The minimum absolute atomic E-state index is 0.119. The molecule has 2 aliphatic carbocycles. The molecule has 0 heterocycles. The highest BCUT2D eigenvalue weighted by atomic mass is 16.1. The molecule has 0 aliphatic heterocycles. The number of nitrogens with one attached hydrogen (secondary N) is 1. The van der Waals surface area contributed by atoms with Crippen molar-refractivity contribution in [2.75, 3.05) is 0 Å². The Bertz CT molecular complexity index is 480. The molecule has 2 nitrogen and oxygen atoms in total. The molecule has 0 radical (unpaired) electrons. The van der Waals surface area contributed by atoms with Crippen molar-refractivity contribution in [2.24, 2.45) is 5.92 Å². The van der Waals surface area contributed by atoms with Crippen molar-refractivity contribution in [3.8, 4) is 0 Å². The molecule has 102 valence electrons. The maximum absolute atomic E-state index is 12.3. The Morgan fingerprint density at radius 2 is 1.89 bits per heavy atom. The standard InChI is InChI=1S/C17H23NO/c1-12-5-2-3-8-16(12)18-17(19)15-10-9-13-6-4-7-14(13)11-15/h9-12,16H,2-8H2,1H3,(H,18,19)/t12-,16+/m1/s1. The number of fused-ring (bicyclic) bond motifs is 1. The van der Waals surface area contributed by atoms with Gasteiger partial charge in [0.1, 0.15) is 0 Å². The van der Waals surface area contributed by atoms with Crippen molar-refractivity contribution in [3.63, 3.8) is 0 Å². The number of carbonyl (C=O) groups is 1. The highest BCUT2D eigenvalue weighted by Gasteiger charge is 2.23. The van der Waals surface area contributed by atoms with Crippen LogP contribution in [0.2, 0.25) is 0 Å². The second-order valence-corrected chi connectivity index (χ2v) is 6.18. The monoisotopic (exact) mass is 257 g/mol. The van der Waals surface area contributed by atoms with Gasteiger partial charge in [-0.05, 0) is 61.3 Å². The average molecular weight is 257 g/mol. The summed E-state index contributed by atoms with van der Waals surface area (Å²) >= 11 is 0. The molecular weight excluding hydrogens is 234 g/mol.